The number of aliphatic imine (C=N–C) groups is 1. The molecule has 0 heterocycles. The van der Waals surface area contributed by atoms with Crippen molar-refractivity contribution in [2.45, 2.75) is 26.3 Å². The number of hydrogen-bond donors (Lipinski definition) is 2. The number of nitrogens with one attached hydrogen (secondary N) is 1. The predicted molar refractivity (Wildman–Crippen MR) is 72.7 cm³/mol. The number of rotatable bonds is 6. The van der Waals surface area contributed by atoms with Gasteiger partial charge < -0.3 is 20.7 Å². The monoisotopic (exact) mass is 338 g/mol. The van der Waals surface area contributed by atoms with E-state index in [2.05, 4.69) is 4.99 Å². The molecular formula is C14H17CuN3O3. The second-order valence-electron chi connectivity index (χ2n) is 4.91. The van der Waals surface area contributed by atoms with Crippen molar-refractivity contribution in [3.05, 3.63) is 29.3 Å². The van der Waals surface area contributed by atoms with Gasteiger partial charge in [0.2, 0.25) is 0 Å². The molecule has 0 bridgehead atoms. The number of nitrogen functional groups attached to an aromatic ring is 1. The first-order valence-electron chi connectivity index (χ1n) is 6.20. The van der Waals surface area contributed by atoms with Gasteiger partial charge in [-0.15, -0.1) is 5.75 Å². The average molecular weight is 339 g/mol. The van der Waals surface area contributed by atoms with Crippen LogP contribution in [0.25, 0.3) is 0 Å². The maximum absolute atomic E-state index is 11.6. The Morgan fingerprint density at radius 1 is 1.48 bits per heavy atom. The minimum absolute atomic E-state index is 0. The van der Waals surface area contributed by atoms with Crippen LogP contribution in [0.4, 0.5) is 0 Å². The van der Waals surface area contributed by atoms with E-state index in [4.69, 9.17) is 11.1 Å². The van der Waals surface area contributed by atoms with Gasteiger partial charge in [0.1, 0.15) is 5.84 Å². The summed E-state index contributed by atoms with van der Waals surface area (Å²) in [7, 11) is 0. The number of aliphatic carboxylic acids is 1. The molecule has 0 saturated carbocycles. The Morgan fingerprint density at radius 2 is 2.10 bits per heavy atom. The molecule has 3 N–H and O–H groups in total. The molecule has 21 heavy (non-hydrogen) atoms. The topological polar surface area (TPSA) is 125 Å². The van der Waals surface area contributed by atoms with Gasteiger partial charge in [-0.1, -0.05) is 26.0 Å². The van der Waals surface area contributed by atoms with E-state index >= 15 is 0 Å². The Labute approximate surface area is 134 Å². The van der Waals surface area contributed by atoms with Crippen LogP contribution in [0.3, 0.4) is 0 Å². The molecule has 0 amide bonds. The van der Waals surface area contributed by atoms with Crippen LogP contribution < -0.4 is 15.9 Å². The second-order valence-corrected chi connectivity index (χ2v) is 4.91. The number of nitrogens with zero attached hydrogens (tertiary/aromatic N) is 1. The molecule has 117 valence electrons. The number of carbonyl (C=O) groups excluding carboxylic acids is 1. The summed E-state index contributed by atoms with van der Waals surface area (Å²) in [5, 5.41) is 29.9. The summed E-state index contributed by atoms with van der Waals surface area (Å²) < 4.78 is 0. The van der Waals surface area contributed by atoms with E-state index in [9.17, 15) is 15.0 Å². The van der Waals surface area contributed by atoms with Gasteiger partial charge >= 0.3 is 17.1 Å². The van der Waals surface area contributed by atoms with Crippen LogP contribution in [0.2, 0.25) is 0 Å². The standard InChI is InChI=1S/C14H19N3O3.Cu/c1-8(2)5-11(14(19)20)17-7-10-6-9(13(15)16)3-4-12(10)18;/h3-4,6-8,11,18H,5H2,1-2H3,(H3,15,16)(H,19,20);/q;+2/p-2/t11-;/m0./s1. The van der Waals surface area contributed by atoms with E-state index in [0.29, 0.717) is 12.0 Å². The van der Waals surface area contributed by atoms with Crippen molar-refractivity contribution < 1.29 is 32.1 Å². The minimum atomic E-state index is -1.27. The number of benzene rings is 1. The Hall–Kier alpha value is -1.85. The quantitative estimate of drug-likeness (QED) is 0.416. The third kappa shape index (κ3) is 5.97. The van der Waals surface area contributed by atoms with Crippen molar-refractivity contribution in [3.8, 4) is 5.75 Å². The summed E-state index contributed by atoms with van der Waals surface area (Å²) >= 11 is 0. The van der Waals surface area contributed by atoms with Gasteiger partial charge in [0.05, 0.1) is 12.0 Å². The van der Waals surface area contributed by atoms with Gasteiger partial charge in [-0.2, -0.15) is 0 Å². The smallest absolute Gasteiger partial charge is 0.872 e. The van der Waals surface area contributed by atoms with Crippen LogP contribution in [-0.4, -0.2) is 24.1 Å². The first-order chi connectivity index (χ1) is 9.31. The van der Waals surface area contributed by atoms with Gasteiger partial charge in [0, 0.05) is 11.8 Å². The molecular weight excluding hydrogens is 322 g/mol. The maximum Gasteiger partial charge on any atom is 2.00 e. The zero-order valence-corrected chi connectivity index (χ0v) is 12.7. The molecule has 0 unspecified atom stereocenters. The van der Waals surface area contributed by atoms with Crippen LogP contribution in [0.1, 0.15) is 31.4 Å². The molecule has 0 spiro atoms. The molecule has 0 aromatic heterocycles. The minimum Gasteiger partial charge on any atom is -0.872 e. The zero-order valence-electron chi connectivity index (χ0n) is 11.7. The molecule has 1 atom stereocenters. The fraction of sp³-hybridized carbons (Fsp3) is 0.357. The number of nitrogens with two attached hydrogens (primary N) is 1. The van der Waals surface area contributed by atoms with Gasteiger partial charge in [-0.05, 0) is 24.0 Å². The molecule has 0 aliphatic rings. The van der Waals surface area contributed by atoms with Crippen molar-refractivity contribution in [1.29, 1.82) is 5.41 Å². The normalized spacial score (nSPS) is 12.1. The third-order valence-corrected chi connectivity index (χ3v) is 2.68. The van der Waals surface area contributed by atoms with Crippen molar-refractivity contribution in [2.24, 2.45) is 16.6 Å². The third-order valence-electron chi connectivity index (χ3n) is 2.68. The van der Waals surface area contributed by atoms with E-state index in [-0.39, 0.29) is 40.1 Å². The molecule has 1 aromatic carbocycles. The summed E-state index contributed by atoms with van der Waals surface area (Å²) in [4.78, 5) is 14.9. The molecule has 7 heteroatoms. The second kappa shape index (κ2) is 8.44. The summed E-state index contributed by atoms with van der Waals surface area (Å²) in [5.74, 6) is -1.60. The first kappa shape index (κ1) is 19.1. The Bertz CT molecular complexity index is 544. The molecule has 6 nitrogen and oxygen atoms in total. The molecule has 0 aliphatic heterocycles. The molecule has 1 aromatic rings. The van der Waals surface area contributed by atoms with Crippen LogP contribution in [-0.2, 0) is 21.9 Å². The van der Waals surface area contributed by atoms with Gasteiger partial charge in [-0.3, -0.25) is 10.4 Å². The number of carboxylic acids is 1. The Morgan fingerprint density at radius 3 is 2.57 bits per heavy atom. The Kier molecular flexibility index (Phi) is 7.70. The van der Waals surface area contributed by atoms with E-state index in [1.54, 1.807) is 0 Å². The summed E-state index contributed by atoms with van der Waals surface area (Å²) in [6.07, 6.45) is 1.54. The fourth-order valence-corrected chi connectivity index (χ4v) is 1.65. The number of amidine groups is 1. The van der Waals surface area contributed by atoms with Gasteiger partial charge in [0.25, 0.3) is 0 Å². The van der Waals surface area contributed by atoms with Crippen molar-refractivity contribution in [2.75, 3.05) is 0 Å². The average Bonchev–Trinajstić information content (AvgIpc) is 2.35. The molecule has 1 radical (unpaired) electrons. The molecule has 1 rings (SSSR count). The number of hydrogen-bond acceptors (Lipinski definition) is 5. The zero-order chi connectivity index (χ0) is 15.3. The Balaban J connectivity index is 0.00000400. The SMILES string of the molecule is CC(C)C[C@H](N=Cc1cc(C(=N)N)ccc1[O-])C(=O)[O-].[Cu+2]. The van der Waals surface area contributed by atoms with E-state index in [1.165, 1.54) is 24.4 Å². The van der Waals surface area contributed by atoms with Gasteiger partial charge in [-0.25, -0.2) is 0 Å². The van der Waals surface area contributed by atoms with Crippen LogP contribution >= 0.6 is 0 Å². The van der Waals surface area contributed by atoms with Gasteiger partial charge in [0.15, 0.2) is 0 Å². The maximum atomic E-state index is 11.6. The van der Waals surface area contributed by atoms with Crippen molar-refractivity contribution in [1.82, 2.24) is 0 Å². The molecule has 0 fully saturated rings. The molecule has 0 saturated heterocycles. The predicted octanol–water partition coefficient (Wildman–Crippen LogP) is -0.375. The fourth-order valence-electron chi connectivity index (χ4n) is 1.65. The summed E-state index contributed by atoms with van der Waals surface area (Å²) in [6, 6.07) is 3.13. The first-order valence-corrected chi connectivity index (χ1v) is 6.20. The van der Waals surface area contributed by atoms with E-state index in [1.807, 2.05) is 13.8 Å². The van der Waals surface area contributed by atoms with E-state index in [0.717, 1.165) is 0 Å². The summed E-state index contributed by atoms with van der Waals surface area (Å²) in [6.45, 7) is 3.75. The number of carboxylic acid groups (broad SMARTS) is 1. The van der Waals surface area contributed by atoms with E-state index < -0.39 is 12.0 Å². The van der Waals surface area contributed by atoms with Crippen molar-refractivity contribution >= 4 is 18.0 Å². The van der Waals surface area contributed by atoms with Crippen LogP contribution in [0.15, 0.2) is 23.2 Å². The van der Waals surface area contributed by atoms with Crippen LogP contribution in [0, 0.1) is 11.3 Å². The summed E-state index contributed by atoms with van der Waals surface area (Å²) in [5.41, 5.74) is 5.93. The largest absolute Gasteiger partial charge is 2.00 e. The van der Waals surface area contributed by atoms with Crippen LogP contribution in [0.5, 0.6) is 5.75 Å². The number of carbonyl (C=O) groups is 1. The van der Waals surface area contributed by atoms with Crippen molar-refractivity contribution in [3.63, 3.8) is 0 Å². The molecule has 0 aliphatic carbocycles.